The molecule has 0 saturated carbocycles. The molecule has 0 spiro atoms. The first-order chi connectivity index (χ1) is 38.3. The van der Waals surface area contributed by atoms with E-state index < -0.39 is 8.07 Å². The topological polar surface area (TPSA) is 13.1 Å². The summed E-state index contributed by atoms with van der Waals surface area (Å²) in [7, 11) is -1.75. The van der Waals surface area contributed by atoms with Crippen LogP contribution in [0.3, 0.4) is 0 Å². The first-order valence-electron chi connectivity index (χ1n) is 30.1. The zero-order chi connectivity index (χ0) is 55.5. The lowest BCUT2D eigenvalue weighted by Gasteiger charge is -2.31. The Balaban J connectivity index is 0.000000139. The summed E-state index contributed by atoms with van der Waals surface area (Å²) in [6.45, 7) is 32.9. The van der Waals surface area contributed by atoms with E-state index in [1.54, 1.807) is 15.9 Å². The second kappa shape index (κ2) is 16.4. The van der Waals surface area contributed by atoms with Gasteiger partial charge in [-0.1, -0.05) is 209 Å². The highest BCUT2D eigenvalue weighted by atomic mass is 28.3. The fourth-order valence-corrected chi connectivity index (χ4v) is 19.7. The van der Waals surface area contributed by atoms with Crippen LogP contribution >= 0.6 is 0 Å². The molecule has 396 valence electrons. The summed E-state index contributed by atoms with van der Waals surface area (Å²) in [6.07, 6.45) is 4.43. The number of hydrogen-bond acceptors (Lipinski definition) is 1. The van der Waals surface area contributed by atoms with Crippen LogP contribution in [0.2, 0.25) is 13.1 Å². The molecule has 13 aromatic rings. The number of aryl methyl sites for hydroxylation is 2. The van der Waals surface area contributed by atoms with Gasteiger partial charge in [-0.25, -0.2) is 0 Å². The summed E-state index contributed by atoms with van der Waals surface area (Å²) in [5.74, 6) is 0. The van der Waals surface area contributed by atoms with E-state index in [-0.39, 0.29) is 21.7 Å². The third-order valence-corrected chi connectivity index (χ3v) is 24.5. The Morgan fingerprint density at radius 2 is 0.838 bits per heavy atom. The minimum absolute atomic E-state index is 0.0165. The number of hydrogen-bond donors (Lipinski definition) is 0. The van der Waals surface area contributed by atoms with Crippen LogP contribution in [0.15, 0.2) is 150 Å². The fraction of sp³-hybridized carbons (Fsp3) is 0.282. The predicted octanol–water partition coefficient (Wildman–Crippen LogP) is 21.3. The van der Waals surface area contributed by atoms with Crippen LogP contribution in [0.1, 0.15) is 139 Å². The number of rotatable bonds is 4. The Morgan fingerprint density at radius 1 is 0.375 bits per heavy atom. The molecule has 80 heavy (non-hydrogen) atoms. The highest BCUT2D eigenvalue weighted by Gasteiger charge is 2.45. The Morgan fingerprint density at radius 3 is 1.43 bits per heavy atom. The second-order valence-electron chi connectivity index (χ2n) is 27.4. The quantitative estimate of drug-likeness (QED) is 0.126. The van der Waals surface area contributed by atoms with Gasteiger partial charge < -0.3 is 4.42 Å². The molecular weight excluding hydrogens is 981 g/mol. The molecule has 1 aromatic heterocycles. The average Bonchev–Trinajstić information content (AvgIpc) is 4.29. The van der Waals surface area contributed by atoms with Gasteiger partial charge in [0.15, 0.2) is 0 Å². The first-order valence-corrected chi connectivity index (χ1v) is 33.1. The molecule has 12 aromatic carbocycles. The van der Waals surface area contributed by atoms with Gasteiger partial charge in [0.1, 0.15) is 19.2 Å². The lowest BCUT2D eigenvalue weighted by molar-refractivity contribution is 0.493. The molecule has 0 fully saturated rings. The van der Waals surface area contributed by atoms with E-state index >= 15 is 0 Å². The zero-order valence-electron chi connectivity index (χ0n) is 49.6. The molecule has 0 bridgehead atoms. The van der Waals surface area contributed by atoms with Crippen molar-refractivity contribution in [2.24, 2.45) is 0 Å². The van der Waals surface area contributed by atoms with Crippen molar-refractivity contribution in [3.63, 3.8) is 0 Å². The second-order valence-corrected chi connectivity index (χ2v) is 31.7. The van der Waals surface area contributed by atoms with Gasteiger partial charge in [-0.2, -0.15) is 0 Å². The van der Waals surface area contributed by atoms with Crippen molar-refractivity contribution < 1.29 is 4.42 Å². The minimum atomic E-state index is -1.75. The van der Waals surface area contributed by atoms with Crippen molar-refractivity contribution in [1.82, 2.24) is 0 Å². The van der Waals surface area contributed by atoms with E-state index in [1.807, 2.05) is 0 Å². The molecule has 3 aliphatic rings. The molecule has 0 amide bonds. The van der Waals surface area contributed by atoms with Gasteiger partial charge in [-0.15, -0.1) is 0 Å². The van der Waals surface area contributed by atoms with Gasteiger partial charge in [0, 0.05) is 21.6 Å². The number of benzene rings is 12. The predicted molar refractivity (Wildman–Crippen MR) is 350 cm³/mol. The van der Waals surface area contributed by atoms with E-state index in [0.29, 0.717) is 0 Å². The highest BCUT2D eigenvalue weighted by Crippen LogP contribution is 2.60. The van der Waals surface area contributed by atoms with Gasteiger partial charge in [0.25, 0.3) is 0 Å². The maximum Gasteiger partial charge on any atom is 0.136 e. The van der Waals surface area contributed by atoms with Crippen LogP contribution in [0.25, 0.3) is 120 Å². The number of fused-ring (bicyclic) bond motifs is 16. The van der Waals surface area contributed by atoms with E-state index in [1.165, 1.54) is 148 Å². The third kappa shape index (κ3) is 6.35. The summed E-state index contributed by atoms with van der Waals surface area (Å²) >= 11 is 0. The fourth-order valence-electron chi connectivity index (χ4n) is 16.6. The molecule has 0 atom stereocenters. The summed E-state index contributed by atoms with van der Waals surface area (Å²) in [4.78, 5) is 0. The van der Waals surface area contributed by atoms with Gasteiger partial charge in [-0.05, 0) is 222 Å². The van der Waals surface area contributed by atoms with Crippen molar-refractivity contribution in [3.05, 3.63) is 190 Å². The largest absolute Gasteiger partial charge is 0.456 e. The maximum atomic E-state index is 6.49. The van der Waals surface area contributed by atoms with Crippen LogP contribution in [0.5, 0.6) is 0 Å². The van der Waals surface area contributed by atoms with E-state index in [4.69, 9.17) is 4.42 Å². The van der Waals surface area contributed by atoms with Crippen LogP contribution in [-0.4, -0.2) is 8.07 Å². The van der Waals surface area contributed by atoms with Gasteiger partial charge in [0.05, 0.1) is 0 Å². The number of furan rings is 1. The van der Waals surface area contributed by atoms with E-state index in [0.717, 1.165) is 36.8 Å². The molecule has 2 aliphatic carbocycles. The summed E-state index contributed by atoms with van der Waals surface area (Å²) < 4.78 is 6.49. The summed E-state index contributed by atoms with van der Waals surface area (Å²) in [5, 5.41) is 22.4. The SMILES string of the molecule is CCC1(CC)c2ccc(C(C)(C)C)cc2-c2cc3ccc4cc5oc6ccc(C(C)(C)C)cc6c5c5ccc(c21)c3c45.CCC1(CC)c2ccc(C)cc2-c2cc3ccc4cc5c(c6ccc(c21)c3c46)-c1cc(C)ccc1[Si]5(C)C. The Bertz CT molecular complexity index is 4820. The van der Waals surface area contributed by atoms with Gasteiger partial charge in [-0.3, -0.25) is 0 Å². The van der Waals surface area contributed by atoms with Gasteiger partial charge >= 0.3 is 0 Å². The molecule has 0 saturated heterocycles. The molecule has 1 aliphatic heterocycles. The Hall–Kier alpha value is -7.26. The Labute approximate surface area is 473 Å². The highest BCUT2D eigenvalue weighted by molar-refractivity contribution is 7.04. The third-order valence-electron chi connectivity index (χ3n) is 20.9. The van der Waals surface area contributed by atoms with E-state index in [2.05, 4.69) is 242 Å². The Kier molecular flexibility index (Phi) is 10.2. The average molecular weight is 1060 g/mol. The lowest BCUT2D eigenvalue weighted by atomic mass is 9.71. The molecule has 1 nitrogen and oxygen atoms in total. The minimum Gasteiger partial charge on any atom is -0.456 e. The molecule has 16 rings (SSSR count). The standard InChI is InChI=1S/C41H40O.C37H34Si/c1-9-41(10-2)32-17-13-25(39(3,4)5)21-29(32)30-19-23-11-12-24-20-34-37(27-15-16-28(38(30)41)36(23)35(24)27)31-22-26(40(6,7)8)14-18-33(31)42-34;1-7-37(8-2)30-15-9-21(3)17-27(30)28-19-23-11-12-24-20-32-35(25-13-14-26(36(28)37)34(23)33(24)25)29-18-22(4)10-16-31(29)38(32,5)6/h11-22H,9-10H2,1-8H3;9-20H,7-8H2,1-6H3. The molecule has 2 heteroatoms. The zero-order valence-corrected chi connectivity index (χ0v) is 50.6. The van der Waals surface area contributed by atoms with Crippen LogP contribution in [0, 0.1) is 13.8 Å². The van der Waals surface area contributed by atoms with Crippen molar-refractivity contribution in [1.29, 1.82) is 0 Å². The molecule has 0 radical (unpaired) electrons. The summed E-state index contributed by atoms with van der Waals surface area (Å²) in [6, 6.07) is 57.5. The van der Waals surface area contributed by atoms with Crippen molar-refractivity contribution in [2.45, 2.75) is 144 Å². The van der Waals surface area contributed by atoms with E-state index in [9.17, 15) is 0 Å². The maximum absolute atomic E-state index is 6.49. The normalized spacial score (nSPS) is 15.6. The van der Waals surface area contributed by atoms with Crippen LogP contribution in [-0.2, 0) is 21.7 Å². The smallest absolute Gasteiger partial charge is 0.136 e. The molecular formula is C78H74OSi. The molecule has 0 N–H and O–H groups in total. The van der Waals surface area contributed by atoms with Crippen molar-refractivity contribution in [2.75, 3.05) is 0 Å². The first kappa shape index (κ1) is 49.8. The molecule has 0 unspecified atom stereocenters. The van der Waals surface area contributed by atoms with Gasteiger partial charge in [0.2, 0.25) is 0 Å². The monoisotopic (exact) mass is 1050 g/mol. The summed E-state index contributed by atoms with van der Waals surface area (Å²) in [5.41, 5.74) is 22.6. The van der Waals surface area contributed by atoms with Crippen molar-refractivity contribution >= 4 is 105 Å². The van der Waals surface area contributed by atoms with Crippen LogP contribution < -0.4 is 10.4 Å². The lowest BCUT2D eigenvalue weighted by Crippen LogP contribution is -2.49. The van der Waals surface area contributed by atoms with Crippen molar-refractivity contribution in [3.8, 4) is 33.4 Å². The molecule has 2 heterocycles. The van der Waals surface area contributed by atoms with Crippen LogP contribution in [0.4, 0.5) is 0 Å².